The average molecular weight is 506 g/mol. The van der Waals surface area contributed by atoms with E-state index in [9.17, 15) is 0 Å². The Kier molecular flexibility index (Phi) is 7.06. The zero-order valence-electron chi connectivity index (χ0n) is 20.1. The second kappa shape index (κ2) is 9.98. The second-order valence-corrected chi connectivity index (χ2v) is 10.7. The number of para-hydroxylation sites is 1. The summed E-state index contributed by atoms with van der Waals surface area (Å²) < 4.78 is 4.43. The van der Waals surface area contributed by atoms with Crippen molar-refractivity contribution in [1.82, 2.24) is 4.98 Å². The van der Waals surface area contributed by atoms with E-state index in [1.54, 1.807) is 0 Å². The van der Waals surface area contributed by atoms with Crippen LogP contribution >= 0.6 is 0 Å². The number of rotatable bonds is 8. The summed E-state index contributed by atoms with van der Waals surface area (Å²) in [5.41, 5.74) is 6.07. The third-order valence-electron chi connectivity index (χ3n) is 6.26. The van der Waals surface area contributed by atoms with E-state index in [-0.39, 0.29) is 19.9 Å². The first-order chi connectivity index (χ1) is 16.0. The van der Waals surface area contributed by atoms with Gasteiger partial charge in [-0.2, -0.15) is 0 Å². The van der Waals surface area contributed by atoms with E-state index < -0.39 is 0 Å². The molecule has 3 aromatic rings. The molecule has 0 radical (unpaired) electrons. The Morgan fingerprint density at radius 1 is 0.970 bits per heavy atom. The van der Waals surface area contributed by atoms with Crippen molar-refractivity contribution in [2.24, 2.45) is 10.2 Å². The van der Waals surface area contributed by atoms with Gasteiger partial charge in [0, 0.05) is 0 Å². The number of hydrogen-bond donors (Lipinski definition) is 0. The predicted molar refractivity (Wildman–Crippen MR) is 139 cm³/mol. The van der Waals surface area contributed by atoms with Crippen molar-refractivity contribution < 1.29 is 4.58 Å². The Morgan fingerprint density at radius 2 is 1.70 bits per heavy atom. The summed E-state index contributed by atoms with van der Waals surface area (Å²) in [6.45, 7) is 14.1. The second-order valence-electron chi connectivity index (χ2n) is 8.54. The van der Waals surface area contributed by atoms with Gasteiger partial charge < -0.3 is 0 Å². The molecule has 33 heavy (non-hydrogen) atoms. The van der Waals surface area contributed by atoms with Crippen molar-refractivity contribution in [3.63, 3.8) is 0 Å². The molecule has 2 heterocycles. The summed E-state index contributed by atoms with van der Waals surface area (Å²) in [6, 6.07) is 17.0. The molecule has 2 aromatic carbocycles. The van der Waals surface area contributed by atoms with Crippen LogP contribution in [0.15, 0.2) is 71.0 Å². The Balaban J connectivity index is 1.49. The van der Waals surface area contributed by atoms with Crippen molar-refractivity contribution in [3.05, 3.63) is 70.8 Å². The number of aromatic nitrogens is 1. The zero-order chi connectivity index (χ0) is 23.4. The molecule has 0 saturated carbocycles. The van der Waals surface area contributed by atoms with Crippen LogP contribution in [-0.4, -0.2) is 49.4 Å². The van der Waals surface area contributed by atoms with Crippen LogP contribution < -0.4 is 4.90 Å². The minimum atomic E-state index is -0.0179. The van der Waals surface area contributed by atoms with Crippen molar-refractivity contribution >= 4 is 48.0 Å². The average Bonchev–Trinajstić information content (AvgIpc) is 3.37. The molecule has 0 spiro atoms. The normalized spacial score (nSPS) is 15.1. The molecule has 0 unspecified atom stereocenters. The molecule has 0 N–H and O–H groups in total. The van der Waals surface area contributed by atoms with Gasteiger partial charge in [-0.05, 0) is 0 Å². The van der Waals surface area contributed by atoms with Gasteiger partial charge in [-0.3, -0.25) is 0 Å². The standard InChI is InChI=1S/C27H32N5Se/c1-6-31(7-2)21-15-13-20(14-16-21)29-30-26-28-19-22(33-26)17-18-25-27(4,5)23-11-9-10-12-24(23)32(25)8-3/h9-19H,6-8H2,1-5H3/q+1. The van der Waals surface area contributed by atoms with E-state index in [0.717, 1.165) is 30.0 Å². The van der Waals surface area contributed by atoms with Crippen LogP contribution in [0.2, 0.25) is 0 Å². The SMILES string of the molecule is CCN(CC)c1ccc(N=Nc2ncc(/C=C/C3=[N+](CC)c4ccccc4C3(C)C)[se]2)cc1. The Hall–Kier alpha value is -2.82. The van der Waals surface area contributed by atoms with Crippen LogP contribution in [0.1, 0.15) is 44.6 Å². The summed E-state index contributed by atoms with van der Waals surface area (Å²) in [5, 5.41) is 8.82. The maximum atomic E-state index is 4.50. The number of benzene rings is 2. The Labute approximate surface area is 203 Å². The van der Waals surface area contributed by atoms with Crippen molar-refractivity contribution in [3.8, 4) is 0 Å². The monoisotopic (exact) mass is 506 g/mol. The van der Waals surface area contributed by atoms with Gasteiger partial charge >= 0.3 is 203 Å². The first-order valence-electron chi connectivity index (χ1n) is 11.6. The molecule has 6 heteroatoms. The molecule has 0 amide bonds. The van der Waals surface area contributed by atoms with E-state index in [0.29, 0.717) is 0 Å². The molecule has 170 valence electrons. The van der Waals surface area contributed by atoms with Gasteiger partial charge in [0.05, 0.1) is 0 Å². The summed E-state index contributed by atoms with van der Waals surface area (Å²) in [6.07, 6.45) is 6.40. The summed E-state index contributed by atoms with van der Waals surface area (Å²) >= 11 is 0.0639. The molecule has 1 aliphatic rings. The number of hydrogen-bond acceptors (Lipinski definition) is 4. The molecular weight excluding hydrogens is 473 g/mol. The molecule has 0 bridgehead atoms. The predicted octanol–water partition coefficient (Wildman–Crippen LogP) is 6.51. The van der Waals surface area contributed by atoms with E-state index in [1.807, 2.05) is 18.3 Å². The number of allylic oxidation sites excluding steroid dienone is 1. The van der Waals surface area contributed by atoms with E-state index in [1.165, 1.54) is 27.1 Å². The van der Waals surface area contributed by atoms with E-state index in [4.69, 9.17) is 0 Å². The van der Waals surface area contributed by atoms with Gasteiger partial charge in [0.1, 0.15) is 0 Å². The van der Waals surface area contributed by atoms with Gasteiger partial charge in [0.25, 0.3) is 0 Å². The van der Waals surface area contributed by atoms with Crippen molar-refractivity contribution in [2.75, 3.05) is 24.5 Å². The van der Waals surface area contributed by atoms with Gasteiger partial charge in [0.15, 0.2) is 0 Å². The topological polar surface area (TPSA) is 43.9 Å². The van der Waals surface area contributed by atoms with Crippen LogP contribution in [0.3, 0.4) is 0 Å². The minimum absolute atomic E-state index is 0.0179. The van der Waals surface area contributed by atoms with Gasteiger partial charge in [0.2, 0.25) is 0 Å². The third kappa shape index (κ3) is 4.78. The molecular formula is C27H32N5Se+. The molecule has 0 fully saturated rings. The van der Waals surface area contributed by atoms with Crippen molar-refractivity contribution in [1.29, 1.82) is 0 Å². The molecule has 4 rings (SSSR count). The number of anilines is 1. The number of fused-ring (bicyclic) bond motifs is 1. The third-order valence-corrected chi connectivity index (χ3v) is 8.04. The van der Waals surface area contributed by atoms with Crippen LogP contribution in [-0.2, 0) is 5.41 Å². The van der Waals surface area contributed by atoms with Gasteiger partial charge in [-0.15, -0.1) is 0 Å². The zero-order valence-corrected chi connectivity index (χ0v) is 21.8. The van der Waals surface area contributed by atoms with Crippen LogP contribution in [0, 0.1) is 0 Å². The summed E-state index contributed by atoms with van der Waals surface area (Å²) in [4.78, 5) is 6.82. The first kappa shape index (κ1) is 23.3. The Bertz CT molecular complexity index is 1200. The van der Waals surface area contributed by atoms with Crippen LogP contribution in [0.4, 0.5) is 21.8 Å². The first-order valence-corrected chi connectivity index (χ1v) is 13.3. The van der Waals surface area contributed by atoms with E-state index in [2.05, 4.69) is 108 Å². The molecule has 0 atom stereocenters. The molecule has 0 aliphatic carbocycles. The Morgan fingerprint density at radius 3 is 2.39 bits per heavy atom. The van der Waals surface area contributed by atoms with Gasteiger partial charge in [-0.1, -0.05) is 0 Å². The van der Waals surface area contributed by atoms with E-state index >= 15 is 0 Å². The van der Waals surface area contributed by atoms with Crippen molar-refractivity contribution in [2.45, 2.75) is 40.0 Å². The molecule has 5 nitrogen and oxygen atoms in total. The number of nitrogens with zero attached hydrogens (tertiary/aromatic N) is 5. The van der Waals surface area contributed by atoms with Crippen LogP contribution in [0.5, 0.6) is 0 Å². The fraction of sp³-hybridized carbons (Fsp3) is 0.333. The molecule has 0 saturated heterocycles. The molecule has 1 aromatic heterocycles. The molecule has 1 aliphatic heterocycles. The number of azo groups is 1. The van der Waals surface area contributed by atoms with Crippen LogP contribution in [0.25, 0.3) is 6.08 Å². The summed E-state index contributed by atoms with van der Waals surface area (Å²) in [7, 11) is 0. The maximum absolute atomic E-state index is 4.50. The van der Waals surface area contributed by atoms with Gasteiger partial charge in [-0.25, -0.2) is 0 Å². The summed E-state index contributed by atoms with van der Waals surface area (Å²) in [5.74, 6) is 0. The fourth-order valence-corrected chi connectivity index (χ4v) is 5.80. The fourth-order valence-electron chi connectivity index (χ4n) is 4.46. The quantitative estimate of drug-likeness (QED) is 0.199.